The zero-order valence-electron chi connectivity index (χ0n) is 30.2. The van der Waals surface area contributed by atoms with Crippen molar-refractivity contribution >= 4 is 28.9 Å². The average molecular weight is 683 g/mol. The van der Waals surface area contributed by atoms with Crippen molar-refractivity contribution in [2.75, 3.05) is 34.3 Å². The van der Waals surface area contributed by atoms with E-state index >= 15 is 0 Å². The molecule has 0 radical (unpaired) electrons. The Bertz CT molecular complexity index is 1820. The molecule has 4 heterocycles. The fourth-order valence-electron chi connectivity index (χ4n) is 7.64. The van der Waals surface area contributed by atoms with Gasteiger partial charge in [0.25, 0.3) is 0 Å². The number of likely N-dealkylation sites (N-methyl/N-ethyl adjacent to an activating group) is 1. The van der Waals surface area contributed by atoms with Crippen LogP contribution in [0.4, 0.5) is 4.79 Å². The number of rotatable bonds is 10. The topological polar surface area (TPSA) is 140 Å². The van der Waals surface area contributed by atoms with Gasteiger partial charge in [-0.2, -0.15) is 0 Å². The van der Waals surface area contributed by atoms with E-state index in [0.29, 0.717) is 6.54 Å². The van der Waals surface area contributed by atoms with Crippen LogP contribution in [0.2, 0.25) is 0 Å². The first-order chi connectivity index (χ1) is 24.0. The molecule has 0 unspecified atom stereocenters. The fourth-order valence-corrected chi connectivity index (χ4v) is 7.64. The summed E-state index contributed by atoms with van der Waals surface area (Å²) in [5.41, 5.74) is 5.83. The maximum atomic E-state index is 13.6. The number of alkyl carbamates (subject to hydrolysis) is 1. The Morgan fingerprint density at radius 3 is 2.08 bits per heavy atom. The van der Waals surface area contributed by atoms with Gasteiger partial charge in [-0.1, -0.05) is 58.0 Å². The second-order valence-electron chi connectivity index (χ2n) is 14.5. The van der Waals surface area contributed by atoms with Gasteiger partial charge in [0, 0.05) is 13.1 Å². The van der Waals surface area contributed by atoms with E-state index < -0.39 is 12.1 Å². The SMILES string of the molecule is COC(=O)N[C@H](C(=O)N1CCC[C@H]1c1ncc(-c2ccc(-c3ccc4nc([C@@H]5CCCN5C(=O)[C@H](C(C)C)N(C)C)[nH]c4c3)cc2)[nH]1)C(C)C. The molecule has 12 heteroatoms. The third kappa shape index (κ3) is 6.98. The van der Waals surface area contributed by atoms with E-state index in [-0.39, 0.29) is 41.8 Å². The minimum absolute atomic E-state index is 0.0549. The van der Waals surface area contributed by atoms with Gasteiger partial charge in [-0.05, 0) is 80.4 Å². The van der Waals surface area contributed by atoms with E-state index in [0.717, 1.165) is 77.3 Å². The van der Waals surface area contributed by atoms with Crippen molar-refractivity contribution in [2.24, 2.45) is 11.8 Å². The van der Waals surface area contributed by atoms with Gasteiger partial charge in [0.2, 0.25) is 11.8 Å². The molecule has 4 atom stereocenters. The average Bonchev–Trinajstić information content (AvgIpc) is 3.91. The highest BCUT2D eigenvalue weighted by Gasteiger charge is 2.39. The largest absolute Gasteiger partial charge is 0.453 e. The number of amides is 3. The first-order valence-corrected chi connectivity index (χ1v) is 17.7. The van der Waals surface area contributed by atoms with Crippen molar-refractivity contribution in [3.63, 3.8) is 0 Å². The molecule has 2 fully saturated rings. The molecule has 0 aliphatic carbocycles. The van der Waals surface area contributed by atoms with E-state index in [9.17, 15) is 14.4 Å². The zero-order valence-corrected chi connectivity index (χ0v) is 30.2. The summed E-state index contributed by atoms with van der Waals surface area (Å²) in [5, 5.41) is 2.70. The number of carbonyl (C=O) groups is 3. The number of methoxy groups -OCH3 is 1. The highest BCUT2D eigenvalue weighted by atomic mass is 16.5. The number of likely N-dealkylation sites (tertiary alicyclic amines) is 2. The van der Waals surface area contributed by atoms with Crippen molar-refractivity contribution in [3.05, 3.63) is 60.3 Å². The molecule has 4 aromatic rings. The predicted octanol–water partition coefficient (Wildman–Crippen LogP) is 5.91. The number of fused-ring (bicyclic) bond motifs is 1. The summed E-state index contributed by atoms with van der Waals surface area (Å²) >= 11 is 0. The molecule has 0 saturated carbocycles. The molecule has 2 aliphatic rings. The normalized spacial score (nSPS) is 19.2. The minimum atomic E-state index is -0.676. The Morgan fingerprint density at radius 1 is 0.840 bits per heavy atom. The number of aromatic amines is 2. The van der Waals surface area contributed by atoms with E-state index in [1.54, 1.807) is 0 Å². The summed E-state index contributed by atoms with van der Waals surface area (Å²) in [6.07, 6.45) is 4.71. The Hall–Kier alpha value is -4.71. The molecule has 12 nitrogen and oxygen atoms in total. The van der Waals surface area contributed by atoms with Gasteiger partial charge in [0.05, 0.1) is 48.2 Å². The van der Waals surface area contributed by atoms with E-state index in [4.69, 9.17) is 9.72 Å². The standard InChI is InChI=1S/C38H50N8O4/c1-22(2)32(43-38(49)50-7)36(47)45-18-8-10-30(45)34-39-21-29(42-34)25-14-12-24(13-15-25)26-16-17-27-28(20-26)41-35(40-27)31-11-9-19-46(31)37(48)33(23(3)4)44(5)6/h12-17,20-23,30-33H,8-11,18-19H2,1-7H3,(H,39,42)(H,40,41)(H,43,49)/t30-,31-,32-,33-/m0/s1. The van der Waals surface area contributed by atoms with Gasteiger partial charge in [0.1, 0.15) is 17.7 Å². The summed E-state index contributed by atoms with van der Waals surface area (Å²) < 4.78 is 4.76. The van der Waals surface area contributed by atoms with Crippen molar-refractivity contribution in [3.8, 4) is 22.4 Å². The summed E-state index contributed by atoms with van der Waals surface area (Å²) in [7, 11) is 5.24. The fraction of sp³-hybridized carbons (Fsp3) is 0.500. The third-order valence-electron chi connectivity index (χ3n) is 10.2. The number of carbonyl (C=O) groups excluding carboxylic acids is 3. The summed E-state index contributed by atoms with van der Waals surface area (Å²) in [5.74, 6) is 1.74. The van der Waals surface area contributed by atoms with E-state index in [2.05, 4.69) is 70.5 Å². The molecular weight excluding hydrogens is 632 g/mol. The molecule has 0 bridgehead atoms. The van der Waals surface area contributed by atoms with Gasteiger partial charge in [0.15, 0.2) is 0 Å². The summed E-state index contributed by atoms with van der Waals surface area (Å²) in [6.45, 7) is 9.36. The second kappa shape index (κ2) is 14.6. The summed E-state index contributed by atoms with van der Waals surface area (Å²) in [4.78, 5) is 61.5. The first-order valence-electron chi connectivity index (χ1n) is 17.7. The van der Waals surface area contributed by atoms with Gasteiger partial charge in [-0.3, -0.25) is 14.5 Å². The van der Waals surface area contributed by atoms with Crippen LogP contribution in [-0.2, 0) is 14.3 Å². The highest BCUT2D eigenvalue weighted by molar-refractivity contribution is 5.87. The molecule has 0 spiro atoms. The van der Waals surface area contributed by atoms with Crippen LogP contribution in [0.15, 0.2) is 48.7 Å². The summed E-state index contributed by atoms with van der Waals surface area (Å²) in [6, 6.07) is 13.5. The van der Waals surface area contributed by atoms with E-state index in [1.165, 1.54) is 7.11 Å². The van der Waals surface area contributed by atoms with Crippen LogP contribution in [0, 0.1) is 11.8 Å². The van der Waals surface area contributed by atoms with Crippen LogP contribution in [0.1, 0.15) is 77.1 Å². The maximum absolute atomic E-state index is 13.6. The van der Waals surface area contributed by atoms with Crippen LogP contribution in [-0.4, -0.2) is 98.9 Å². The monoisotopic (exact) mass is 682 g/mol. The van der Waals surface area contributed by atoms with Crippen LogP contribution in [0.25, 0.3) is 33.4 Å². The molecule has 2 aromatic carbocycles. The van der Waals surface area contributed by atoms with Crippen molar-refractivity contribution in [1.29, 1.82) is 0 Å². The number of hydrogen-bond donors (Lipinski definition) is 3. The van der Waals surface area contributed by atoms with Crippen LogP contribution in [0.3, 0.4) is 0 Å². The lowest BCUT2D eigenvalue weighted by atomic mass is 10.0. The Labute approximate surface area is 294 Å². The highest BCUT2D eigenvalue weighted by Crippen LogP contribution is 2.35. The number of hydrogen-bond acceptors (Lipinski definition) is 7. The van der Waals surface area contributed by atoms with Crippen LogP contribution in [0.5, 0.6) is 0 Å². The number of nitrogens with zero attached hydrogens (tertiary/aromatic N) is 5. The lowest BCUT2D eigenvalue weighted by molar-refractivity contribution is -0.138. The lowest BCUT2D eigenvalue weighted by Crippen LogP contribution is -2.51. The van der Waals surface area contributed by atoms with Gasteiger partial charge >= 0.3 is 6.09 Å². The molecule has 2 aromatic heterocycles. The molecule has 2 saturated heterocycles. The third-order valence-corrected chi connectivity index (χ3v) is 10.2. The second-order valence-corrected chi connectivity index (χ2v) is 14.5. The Morgan fingerprint density at radius 2 is 1.46 bits per heavy atom. The van der Waals surface area contributed by atoms with Crippen LogP contribution >= 0.6 is 0 Å². The maximum Gasteiger partial charge on any atom is 0.407 e. The van der Waals surface area contributed by atoms with Crippen molar-refractivity contribution in [2.45, 2.75) is 77.5 Å². The number of benzene rings is 2. The molecule has 266 valence electrons. The van der Waals surface area contributed by atoms with Crippen molar-refractivity contribution in [1.82, 2.24) is 40.0 Å². The number of ether oxygens (including phenoxy) is 1. The van der Waals surface area contributed by atoms with Gasteiger partial charge < -0.3 is 29.8 Å². The van der Waals surface area contributed by atoms with Crippen LogP contribution < -0.4 is 5.32 Å². The lowest BCUT2D eigenvalue weighted by Gasteiger charge is -2.33. The predicted molar refractivity (Wildman–Crippen MR) is 193 cm³/mol. The molecule has 3 N–H and O–H groups in total. The van der Waals surface area contributed by atoms with E-state index in [1.807, 2.05) is 54.9 Å². The Balaban J connectivity index is 1.16. The number of aromatic nitrogens is 4. The van der Waals surface area contributed by atoms with Gasteiger partial charge in [-0.25, -0.2) is 14.8 Å². The molecular formula is C38H50N8O4. The zero-order chi connectivity index (χ0) is 35.7. The first kappa shape index (κ1) is 35.1. The number of H-pyrrole nitrogens is 2. The number of imidazole rings is 2. The van der Waals surface area contributed by atoms with Crippen molar-refractivity contribution < 1.29 is 19.1 Å². The Kier molecular flexibility index (Phi) is 10.3. The minimum Gasteiger partial charge on any atom is -0.453 e. The smallest absolute Gasteiger partial charge is 0.407 e. The quantitative estimate of drug-likeness (QED) is 0.189. The molecule has 50 heavy (non-hydrogen) atoms. The number of nitrogens with one attached hydrogen (secondary N) is 3. The van der Waals surface area contributed by atoms with Gasteiger partial charge in [-0.15, -0.1) is 0 Å². The molecule has 3 amide bonds. The molecule has 2 aliphatic heterocycles. The molecule has 6 rings (SSSR count).